The molecule has 0 fully saturated rings. The maximum atomic E-state index is 12.1. The van der Waals surface area contributed by atoms with Gasteiger partial charge in [0.05, 0.1) is 0 Å². The second-order valence-electron chi connectivity index (χ2n) is 4.50. The van der Waals surface area contributed by atoms with E-state index in [0.717, 1.165) is 13.0 Å². The lowest BCUT2D eigenvalue weighted by Crippen LogP contribution is -2.35. The number of rotatable bonds is 6. The summed E-state index contributed by atoms with van der Waals surface area (Å²) in [5, 5.41) is 0. The zero-order chi connectivity index (χ0) is 13.8. The third kappa shape index (κ3) is 4.25. The van der Waals surface area contributed by atoms with Crippen LogP contribution in [0.15, 0.2) is 23.2 Å². The molecule has 1 aromatic rings. The number of hydrogen-bond donors (Lipinski definition) is 2. The van der Waals surface area contributed by atoms with Crippen LogP contribution in [0.3, 0.4) is 0 Å². The fourth-order valence-electron chi connectivity index (χ4n) is 1.47. The fourth-order valence-corrected chi connectivity index (χ4v) is 2.83. The molecule has 1 rings (SSSR count). The third-order valence-electron chi connectivity index (χ3n) is 2.45. The van der Waals surface area contributed by atoms with Crippen molar-refractivity contribution in [3.05, 3.63) is 18.3 Å². The topological polar surface area (TPSA) is 88.3 Å². The van der Waals surface area contributed by atoms with Gasteiger partial charge in [-0.25, -0.2) is 18.1 Å². The van der Waals surface area contributed by atoms with E-state index in [4.69, 9.17) is 5.73 Å². The van der Waals surface area contributed by atoms with Gasteiger partial charge in [-0.3, -0.25) is 0 Å². The monoisotopic (exact) mass is 272 g/mol. The van der Waals surface area contributed by atoms with Crippen molar-refractivity contribution in [3.63, 3.8) is 0 Å². The summed E-state index contributed by atoms with van der Waals surface area (Å²) in [6.07, 6.45) is 2.19. The lowest BCUT2D eigenvalue weighted by Gasteiger charge is -2.17. The van der Waals surface area contributed by atoms with Crippen LogP contribution < -0.4 is 10.5 Å². The number of sulfonamides is 1. The van der Waals surface area contributed by atoms with E-state index in [1.54, 1.807) is 6.07 Å². The van der Waals surface area contributed by atoms with Crippen LogP contribution in [0.2, 0.25) is 0 Å². The number of anilines is 1. The van der Waals surface area contributed by atoms with Gasteiger partial charge in [0.2, 0.25) is 10.0 Å². The van der Waals surface area contributed by atoms with E-state index in [1.807, 2.05) is 25.9 Å². The SMILES string of the molecule is CC(CCN(C)C)NS(=O)(=O)c1cccnc1N. The molecule has 0 spiro atoms. The molecule has 0 aliphatic rings. The Morgan fingerprint density at radius 2 is 2.17 bits per heavy atom. The van der Waals surface area contributed by atoms with Gasteiger partial charge in [-0.1, -0.05) is 0 Å². The second kappa shape index (κ2) is 6.12. The van der Waals surface area contributed by atoms with Crippen molar-refractivity contribution in [1.82, 2.24) is 14.6 Å². The molecule has 1 heterocycles. The number of nitrogens with one attached hydrogen (secondary N) is 1. The van der Waals surface area contributed by atoms with Crippen LogP contribution in [0.25, 0.3) is 0 Å². The van der Waals surface area contributed by atoms with Crippen LogP contribution in [0.5, 0.6) is 0 Å². The summed E-state index contributed by atoms with van der Waals surface area (Å²) in [4.78, 5) is 5.81. The minimum Gasteiger partial charge on any atom is -0.383 e. The summed E-state index contributed by atoms with van der Waals surface area (Å²) in [5.74, 6) is 0.0183. The number of pyridine rings is 1. The van der Waals surface area contributed by atoms with Gasteiger partial charge in [-0.15, -0.1) is 0 Å². The molecule has 0 amide bonds. The summed E-state index contributed by atoms with van der Waals surface area (Å²) in [6.45, 7) is 2.64. The summed E-state index contributed by atoms with van der Waals surface area (Å²) in [7, 11) is 0.295. The molecule has 0 radical (unpaired) electrons. The van der Waals surface area contributed by atoms with Gasteiger partial charge in [-0.2, -0.15) is 0 Å². The van der Waals surface area contributed by atoms with E-state index >= 15 is 0 Å². The van der Waals surface area contributed by atoms with Crippen LogP contribution in [0.4, 0.5) is 5.82 Å². The normalized spacial score (nSPS) is 13.8. The number of nitrogen functional groups attached to an aromatic ring is 1. The maximum absolute atomic E-state index is 12.1. The first-order chi connectivity index (χ1) is 8.33. The first-order valence-corrected chi connectivity index (χ1v) is 7.19. The van der Waals surface area contributed by atoms with Gasteiger partial charge in [0, 0.05) is 12.2 Å². The van der Waals surface area contributed by atoms with Crippen molar-refractivity contribution in [3.8, 4) is 0 Å². The molecular formula is C11H20N4O2S. The number of nitrogens with zero attached hydrogens (tertiary/aromatic N) is 2. The smallest absolute Gasteiger partial charge is 0.244 e. The van der Waals surface area contributed by atoms with Gasteiger partial charge in [0.25, 0.3) is 0 Å². The van der Waals surface area contributed by atoms with Gasteiger partial charge >= 0.3 is 0 Å². The van der Waals surface area contributed by atoms with Crippen LogP contribution >= 0.6 is 0 Å². The Morgan fingerprint density at radius 1 is 1.50 bits per heavy atom. The van der Waals surface area contributed by atoms with Crippen molar-refractivity contribution in [1.29, 1.82) is 0 Å². The average molecular weight is 272 g/mol. The molecule has 1 unspecified atom stereocenters. The quantitative estimate of drug-likeness (QED) is 0.776. The summed E-state index contributed by atoms with van der Waals surface area (Å²) >= 11 is 0. The van der Waals surface area contributed by atoms with Gasteiger partial charge in [0.1, 0.15) is 10.7 Å². The van der Waals surface area contributed by atoms with Crippen molar-refractivity contribution in [2.75, 3.05) is 26.4 Å². The highest BCUT2D eigenvalue weighted by Gasteiger charge is 2.20. The first kappa shape index (κ1) is 14.9. The molecular weight excluding hydrogens is 252 g/mol. The summed E-state index contributed by atoms with van der Waals surface area (Å²) in [6, 6.07) is 2.84. The Bertz CT molecular complexity index is 488. The van der Waals surface area contributed by atoms with Gasteiger partial charge in [-0.05, 0) is 46.1 Å². The molecule has 7 heteroatoms. The van der Waals surface area contributed by atoms with Gasteiger partial charge < -0.3 is 10.6 Å². The summed E-state index contributed by atoms with van der Waals surface area (Å²) in [5.41, 5.74) is 5.57. The minimum absolute atomic E-state index is 0.0183. The highest BCUT2D eigenvalue weighted by Crippen LogP contribution is 2.15. The minimum atomic E-state index is -3.59. The molecule has 18 heavy (non-hydrogen) atoms. The zero-order valence-electron chi connectivity index (χ0n) is 10.9. The molecule has 0 aromatic carbocycles. The Labute approximate surface area is 108 Å². The van der Waals surface area contributed by atoms with E-state index in [1.165, 1.54) is 12.3 Å². The van der Waals surface area contributed by atoms with Crippen molar-refractivity contribution in [2.24, 2.45) is 0 Å². The van der Waals surface area contributed by atoms with E-state index in [0.29, 0.717) is 0 Å². The molecule has 6 nitrogen and oxygen atoms in total. The molecule has 0 aliphatic carbocycles. The molecule has 0 saturated heterocycles. The lowest BCUT2D eigenvalue weighted by molar-refractivity contribution is 0.379. The second-order valence-corrected chi connectivity index (χ2v) is 6.18. The molecule has 0 saturated carbocycles. The van der Waals surface area contributed by atoms with Crippen molar-refractivity contribution in [2.45, 2.75) is 24.3 Å². The molecule has 1 aromatic heterocycles. The largest absolute Gasteiger partial charge is 0.383 e. The third-order valence-corrected chi connectivity index (χ3v) is 4.09. The Balaban J connectivity index is 2.74. The van der Waals surface area contributed by atoms with E-state index in [2.05, 4.69) is 9.71 Å². The van der Waals surface area contributed by atoms with Crippen LogP contribution in [-0.2, 0) is 10.0 Å². The van der Waals surface area contributed by atoms with E-state index < -0.39 is 10.0 Å². The Hall–Kier alpha value is -1.18. The maximum Gasteiger partial charge on any atom is 0.244 e. The van der Waals surface area contributed by atoms with E-state index in [9.17, 15) is 8.42 Å². The number of aromatic nitrogens is 1. The molecule has 0 aliphatic heterocycles. The Kier molecular flexibility index (Phi) is 5.06. The molecule has 3 N–H and O–H groups in total. The van der Waals surface area contributed by atoms with Crippen molar-refractivity contribution < 1.29 is 8.42 Å². The highest BCUT2D eigenvalue weighted by molar-refractivity contribution is 7.89. The lowest BCUT2D eigenvalue weighted by atomic mass is 10.2. The van der Waals surface area contributed by atoms with Crippen molar-refractivity contribution >= 4 is 15.8 Å². The van der Waals surface area contributed by atoms with Crippen LogP contribution in [-0.4, -0.2) is 45.0 Å². The molecule has 1 atom stereocenters. The standard InChI is InChI=1S/C11H20N4O2S/c1-9(6-8-15(2)3)14-18(16,17)10-5-4-7-13-11(10)12/h4-5,7,9,14H,6,8H2,1-3H3,(H2,12,13). The van der Waals surface area contributed by atoms with Gasteiger partial charge in [0.15, 0.2) is 0 Å². The predicted molar refractivity (Wildman–Crippen MR) is 71.6 cm³/mol. The predicted octanol–water partition coefficient (Wildman–Crippen LogP) is 0.282. The van der Waals surface area contributed by atoms with Crippen LogP contribution in [0, 0.1) is 0 Å². The zero-order valence-corrected chi connectivity index (χ0v) is 11.7. The van der Waals surface area contributed by atoms with Crippen LogP contribution in [0.1, 0.15) is 13.3 Å². The molecule has 102 valence electrons. The molecule has 0 bridgehead atoms. The Morgan fingerprint density at radius 3 is 2.72 bits per heavy atom. The van der Waals surface area contributed by atoms with E-state index in [-0.39, 0.29) is 16.8 Å². The number of nitrogens with two attached hydrogens (primary N) is 1. The average Bonchev–Trinajstić information content (AvgIpc) is 2.26. The fraction of sp³-hybridized carbons (Fsp3) is 0.545. The highest BCUT2D eigenvalue weighted by atomic mass is 32.2. The first-order valence-electron chi connectivity index (χ1n) is 5.70. The summed E-state index contributed by atoms with van der Waals surface area (Å²) < 4.78 is 26.7. The number of hydrogen-bond acceptors (Lipinski definition) is 5.